The molecule has 2 rings (SSSR count). The minimum atomic E-state index is 0.738. The fourth-order valence-corrected chi connectivity index (χ4v) is 2.72. The normalized spacial score (nSPS) is 12.5. The maximum atomic E-state index is 6.12. The molecule has 28 heavy (non-hydrogen) atoms. The largest absolute Gasteiger partial charge is 0.457 e. The van der Waals surface area contributed by atoms with Gasteiger partial charge in [0.25, 0.3) is 0 Å². The smallest absolute Gasteiger partial charge is 0.128 e. The van der Waals surface area contributed by atoms with Gasteiger partial charge in [0.2, 0.25) is 0 Å². The molecule has 0 N–H and O–H groups in total. The molecule has 142 valence electrons. The van der Waals surface area contributed by atoms with Crippen LogP contribution >= 0.6 is 0 Å². The minimum absolute atomic E-state index is 0.738. The lowest BCUT2D eigenvalue weighted by Gasteiger charge is -2.11. The van der Waals surface area contributed by atoms with Crippen LogP contribution in [0.5, 0.6) is 11.5 Å². The van der Waals surface area contributed by atoms with E-state index in [0.717, 1.165) is 39.6 Å². The predicted octanol–water partition coefficient (Wildman–Crippen LogP) is 6.91. The number of hydrogen-bond donors (Lipinski definition) is 0. The molecule has 0 atom stereocenters. The van der Waals surface area contributed by atoms with Crippen LogP contribution in [0.1, 0.15) is 30.5 Å². The molecule has 0 heterocycles. The molecule has 0 unspecified atom stereocenters. The zero-order valence-corrected chi connectivity index (χ0v) is 16.7. The third kappa shape index (κ3) is 5.52. The molecule has 0 spiro atoms. The summed E-state index contributed by atoms with van der Waals surface area (Å²) >= 11 is 0. The number of allylic oxidation sites excluding steroid dienone is 4. The minimum Gasteiger partial charge on any atom is -0.457 e. The Bertz CT molecular complexity index is 962. The van der Waals surface area contributed by atoms with Crippen LogP contribution in [-0.2, 0) is 0 Å². The number of benzene rings is 2. The van der Waals surface area contributed by atoms with E-state index in [4.69, 9.17) is 4.74 Å². The highest BCUT2D eigenvalue weighted by Crippen LogP contribution is 2.27. The molecule has 0 amide bonds. The van der Waals surface area contributed by atoms with Crippen molar-refractivity contribution in [3.8, 4) is 11.5 Å². The monoisotopic (exact) mass is 370 g/mol. The Labute approximate surface area is 167 Å². The molecule has 0 aliphatic rings. The quantitative estimate of drug-likeness (QED) is 0.367. The molecule has 0 aliphatic carbocycles. The van der Waals surface area contributed by atoms with Gasteiger partial charge in [0.05, 0.1) is 11.4 Å². The molecular weight excluding hydrogens is 344 g/mol. The number of rotatable bonds is 8. The first kappa shape index (κ1) is 20.8. The Balaban J connectivity index is 2.39. The van der Waals surface area contributed by atoms with E-state index < -0.39 is 0 Å². The molecule has 2 aromatic carbocycles. The Morgan fingerprint density at radius 1 is 1.04 bits per heavy atom. The van der Waals surface area contributed by atoms with E-state index in [-0.39, 0.29) is 0 Å². The van der Waals surface area contributed by atoms with Crippen LogP contribution in [0, 0.1) is 6.92 Å². The van der Waals surface area contributed by atoms with Crippen LogP contribution in [0.2, 0.25) is 0 Å². The van der Waals surface area contributed by atoms with Crippen molar-refractivity contribution in [2.45, 2.75) is 20.8 Å². The topological polar surface area (TPSA) is 34.0 Å². The second-order valence-electron chi connectivity index (χ2n) is 5.98. The molecule has 3 heteroatoms. The van der Waals surface area contributed by atoms with Crippen molar-refractivity contribution in [1.82, 2.24) is 0 Å². The van der Waals surface area contributed by atoms with E-state index in [1.807, 2.05) is 74.5 Å². The zero-order chi connectivity index (χ0) is 20.4. The molecule has 0 radical (unpaired) electrons. The standard InChI is InChI=1S/C25H26N2O/c1-6-11-24(26-8-3)20-13-10-14-21(17-20)28-22-16-15-19(5)23(18-22)25(12-7-2)27-9-4/h6-18H,1,4H2,2-3,5H3/b12-7-,24-11-,26-8?,27-25?. The van der Waals surface area contributed by atoms with E-state index in [2.05, 4.69) is 30.1 Å². The van der Waals surface area contributed by atoms with Gasteiger partial charge in [0, 0.05) is 23.5 Å². The van der Waals surface area contributed by atoms with Crippen molar-refractivity contribution in [3.05, 3.63) is 103 Å². The van der Waals surface area contributed by atoms with E-state index in [9.17, 15) is 0 Å². The van der Waals surface area contributed by atoms with Crippen LogP contribution in [0.25, 0.3) is 5.70 Å². The second-order valence-corrected chi connectivity index (χ2v) is 5.98. The first-order valence-electron chi connectivity index (χ1n) is 9.15. The van der Waals surface area contributed by atoms with E-state index >= 15 is 0 Å². The summed E-state index contributed by atoms with van der Waals surface area (Å²) in [5.74, 6) is 1.48. The summed E-state index contributed by atoms with van der Waals surface area (Å²) in [4.78, 5) is 8.78. The Kier molecular flexibility index (Phi) is 7.92. The van der Waals surface area contributed by atoms with Crippen molar-refractivity contribution in [2.75, 3.05) is 0 Å². The molecule has 0 aromatic heterocycles. The van der Waals surface area contributed by atoms with Gasteiger partial charge >= 0.3 is 0 Å². The predicted molar refractivity (Wildman–Crippen MR) is 122 cm³/mol. The summed E-state index contributed by atoms with van der Waals surface area (Å²) in [6.07, 6.45) is 10.8. The number of hydrogen-bond acceptors (Lipinski definition) is 3. The third-order valence-electron chi connectivity index (χ3n) is 3.95. The molecule has 3 nitrogen and oxygen atoms in total. The highest BCUT2D eigenvalue weighted by Gasteiger charge is 2.08. The van der Waals surface area contributed by atoms with Gasteiger partial charge < -0.3 is 4.74 Å². The van der Waals surface area contributed by atoms with Crippen LogP contribution in [-0.4, -0.2) is 11.9 Å². The first-order chi connectivity index (χ1) is 13.6. The first-order valence-corrected chi connectivity index (χ1v) is 9.15. The third-order valence-corrected chi connectivity index (χ3v) is 3.95. The van der Waals surface area contributed by atoms with Gasteiger partial charge in [-0.3, -0.25) is 9.98 Å². The number of aliphatic imine (C=N–C) groups is 2. The van der Waals surface area contributed by atoms with Crippen molar-refractivity contribution in [3.63, 3.8) is 0 Å². The molecule has 0 saturated carbocycles. The average molecular weight is 370 g/mol. The molecule has 0 saturated heterocycles. The fraction of sp³-hybridized carbons (Fsp3) is 0.120. The van der Waals surface area contributed by atoms with E-state index in [1.165, 1.54) is 0 Å². The number of ether oxygens (including phenoxy) is 1. The maximum absolute atomic E-state index is 6.12. The molecule has 0 bridgehead atoms. The van der Waals surface area contributed by atoms with E-state index in [1.54, 1.807) is 18.5 Å². The lowest BCUT2D eigenvalue weighted by molar-refractivity contribution is 0.482. The van der Waals surface area contributed by atoms with Gasteiger partial charge in [0.1, 0.15) is 11.5 Å². The average Bonchev–Trinajstić information content (AvgIpc) is 2.69. The molecule has 0 fully saturated rings. The number of aryl methyl sites for hydroxylation is 1. The van der Waals surface area contributed by atoms with Crippen molar-refractivity contribution in [2.24, 2.45) is 9.98 Å². The van der Waals surface area contributed by atoms with Gasteiger partial charge in [-0.05, 0) is 62.8 Å². The fourth-order valence-electron chi connectivity index (χ4n) is 2.72. The Hall–Kier alpha value is -3.46. The Morgan fingerprint density at radius 3 is 2.50 bits per heavy atom. The van der Waals surface area contributed by atoms with Gasteiger partial charge in [0.15, 0.2) is 0 Å². The van der Waals surface area contributed by atoms with E-state index in [0.29, 0.717) is 0 Å². The summed E-state index contributed by atoms with van der Waals surface area (Å²) in [5, 5.41) is 0. The van der Waals surface area contributed by atoms with Crippen LogP contribution in [0.3, 0.4) is 0 Å². The van der Waals surface area contributed by atoms with Crippen LogP contribution < -0.4 is 4.74 Å². The SMILES string of the molecule is C=C/C=C(\N=CC)c1cccc(Oc2ccc(C)c(C(/C=C\C)=NC=C)c2)c1. The molecule has 2 aromatic rings. The van der Waals surface area contributed by atoms with Gasteiger partial charge in [-0.1, -0.05) is 43.5 Å². The summed E-state index contributed by atoms with van der Waals surface area (Å²) in [6.45, 7) is 13.4. The zero-order valence-electron chi connectivity index (χ0n) is 16.7. The molecular formula is C25H26N2O. The number of nitrogens with zero attached hydrogens (tertiary/aromatic N) is 2. The Morgan fingerprint density at radius 2 is 1.82 bits per heavy atom. The van der Waals surface area contributed by atoms with Crippen LogP contribution in [0.4, 0.5) is 0 Å². The maximum Gasteiger partial charge on any atom is 0.128 e. The lowest BCUT2D eigenvalue weighted by atomic mass is 10.0. The van der Waals surface area contributed by atoms with Gasteiger partial charge in [-0.15, -0.1) is 0 Å². The second kappa shape index (κ2) is 10.6. The highest BCUT2D eigenvalue weighted by atomic mass is 16.5. The summed E-state index contributed by atoms with van der Waals surface area (Å²) < 4.78 is 6.12. The molecule has 0 aliphatic heterocycles. The van der Waals surface area contributed by atoms with Crippen molar-refractivity contribution >= 4 is 17.6 Å². The van der Waals surface area contributed by atoms with Crippen molar-refractivity contribution < 1.29 is 4.74 Å². The lowest BCUT2D eigenvalue weighted by Crippen LogP contribution is -2.00. The highest BCUT2D eigenvalue weighted by molar-refractivity contribution is 6.10. The summed E-state index contributed by atoms with van der Waals surface area (Å²) in [5.41, 5.74) is 4.78. The summed E-state index contributed by atoms with van der Waals surface area (Å²) in [7, 11) is 0. The van der Waals surface area contributed by atoms with Crippen molar-refractivity contribution in [1.29, 1.82) is 0 Å². The van der Waals surface area contributed by atoms with Gasteiger partial charge in [-0.2, -0.15) is 0 Å². The summed E-state index contributed by atoms with van der Waals surface area (Å²) in [6, 6.07) is 13.8. The van der Waals surface area contributed by atoms with Crippen LogP contribution in [0.15, 0.2) is 96.1 Å². The van der Waals surface area contributed by atoms with Gasteiger partial charge in [-0.25, -0.2) is 0 Å².